The number of Topliss-reactive ketones (excluding diaryl/α,β-unsaturated/α-hetero) is 1. The van der Waals surface area contributed by atoms with Crippen molar-refractivity contribution in [2.24, 2.45) is 5.41 Å². The topological polar surface area (TPSA) is 120 Å². The van der Waals surface area contributed by atoms with Crippen molar-refractivity contribution in [1.82, 2.24) is 15.2 Å². The highest BCUT2D eigenvalue weighted by Gasteiger charge is 2.66. The number of benzene rings is 1. The number of hydrogen-bond donors (Lipinski definition) is 1. The van der Waals surface area contributed by atoms with E-state index in [-0.39, 0.29) is 31.0 Å². The number of rotatable bonds is 13. The zero-order chi connectivity index (χ0) is 26.5. The maximum absolute atomic E-state index is 13.1. The summed E-state index contributed by atoms with van der Waals surface area (Å²) >= 11 is 7.33. The van der Waals surface area contributed by atoms with Crippen LogP contribution in [0.3, 0.4) is 0 Å². The van der Waals surface area contributed by atoms with Crippen molar-refractivity contribution in [1.29, 1.82) is 0 Å². The van der Waals surface area contributed by atoms with E-state index in [0.717, 1.165) is 24.6 Å². The van der Waals surface area contributed by atoms with E-state index >= 15 is 0 Å². The van der Waals surface area contributed by atoms with E-state index in [2.05, 4.69) is 22.1 Å². The van der Waals surface area contributed by atoms with Crippen LogP contribution >= 0.6 is 23.4 Å². The van der Waals surface area contributed by atoms with Gasteiger partial charge in [0.05, 0.1) is 17.4 Å². The molecule has 0 bridgehead atoms. The number of thioether (sulfide) groups is 1. The van der Waals surface area contributed by atoms with E-state index in [1.165, 1.54) is 19.3 Å². The molecular weight excluding hydrogens is 518 g/mol. The van der Waals surface area contributed by atoms with Gasteiger partial charge >= 0.3 is 11.9 Å². The third-order valence-electron chi connectivity index (χ3n) is 6.80. The lowest BCUT2D eigenvalue weighted by atomic mass is 9.77. The minimum Gasteiger partial charge on any atom is -0.459 e. The standard InChI is InChI=1S/C26H32ClN3O6S/c1-3-4-5-6-9-12-34-14-17-13-26(22(32)35-17)16-25(2,36-23(26)33)20(31)15-37-24-28-21(29-30-24)18-10-7-8-11-19(18)27/h7-8,10-11,17H,3-6,9,12-16H2,1-2H3,(H,28,29,30). The van der Waals surface area contributed by atoms with E-state index in [1.807, 2.05) is 18.2 Å². The molecule has 1 spiro atoms. The number of aromatic nitrogens is 3. The van der Waals surface area contributed by atoms with Crippen molar-refractivity contribution in [3.63, 3.8) is 0 Å². The number of nitrogens with one attached hydrogen (secondary N) is 1. The van der Waals surface area contributed by atoms with Gasteiger partial charge in [0, 0.05) is 25.0 Å². The molecule has 3 heterocycles. The number of carbonyl (C=O) groups is 3. The summed E-state index contributed by atoms with van der Waals surface area (Å²) < 4.78 is 16.7. The molecule has 9 nitrogen and oxygen atoms in total. The Bertz CT molecular complexity index is 1140. The van der Waals surface area contributed by atoms with Crippen LogP contribution in [0.5, 0.6) is 0 Å². The molecule has 3 atom stereocenters. The molecule has 1 aromatic heterocycles. The van der Waals surface area contributed by atoms with E-state index in [4.69, 9.17) is 25.8 Å². The first-order chi connectivity index (χ1) is 17.8. The molecule has 2 saturated heterocycles. The number of ketones is 1. The Hall–Kier alpha value is -2.43. The highest BCUT2D eigenvalue weighted by atomic mass is 35.5. The molecule has 1 N–H and O–H groups in total. The molecule has 0 aliphatic carbocycles. The van der Waals surface area contributed by atoms with Crippen molar-refractivity contribution in [3.8, 4) is 11.4 Å². The molecular formula is C26H32ClN3O6S. The highest BCUT2D eigenvalue weighted by Crippen LogP contribution is 2.49. The Kier molecular flexibility index (Phi) is 8.92. The second kappa shape index (κ2) is 12.0. The fourth-order valence-corrected chi connectivity index (χ4v) is 5.77. The van der Waals surface area contributed by atoms with Crippen LogP contribution < -0.4 is 0 Å². The number of unbranched alkanes of at least 4 members (excludes halogenated alkanes) is 4. The molecule has 2 aliphatic heterocycles. The lowest BCUT2D eigenvalue weighted by molar-refractivity contribution is -0.162. The molecule has 2 aromatic rings. The van der Waals surface area contributed by atoms with Gasteiger partial charge in [-0.1, -0.05) is 68.1 Å². The normalized spacial score (nSPS) is 25.0. The summed E-state index contributed by atoms with van der Waals surface area (Å²) in [4.78, 5) is 43.1. The van der Waals surface area contributed by atoms with Gasteiger partial charge in [-0.05, 0) is 25.5 Å². The first kappa shape index (κ1) is 27.6. The number of aromatic amines is 1. The number of H-pyrrole nitrogens is 1. The summed E-state index contributed by atoms with van der Waals surface area (Å²) in [6.45, 7) is 4.53. The lowest BCUT2D eigenvalue weighted by Gasteiger charge is -2.20. The van der Waals surface area contributed by atoms with E-state index in [0.29, 0.717) is 28.2 Å². The third kappa shape index (κ3) is 6.18. The predicted molar refractivity (Wildman–Crippen MR) is 138 cm³/mol. The number of nitrogens with zero attached hydrogens (tertiary/aromatic N) is 2. The Balaban J connectivity index is 1.29. The van der Waals surface area contributed by atoms with Crippen LogP contribution in [0.1, 0.15) is 58.8 Å². The maximum atomic E-state index is 13.1. The molecule has 37 heavy (non-hydrogen) atoms. The van der Waals surface area contributed by atoms with Gasteiger partial charge in [0.25, 0.3) is 0 Å². The van der Waals surface area contributed by atoms with Gasteiger partial charge in [-0.3, -0.25) is 19.5 Å². The number of carbonyl (C=O) groups excluding carboxylic acids is 3. The molecule has 0 saturated carbocycles. The van der Waals surface area contributed by atoms with Crippen molar-refractivity contribution in [2.75, 3.05) is 19.0 Å². The number of cyclic esters (lactones) is 2. The summed E-state index contributed by atoms with van der Waals surface area (Å²) in [5.74, 6) is -1.22. The van der Waals surface area contributed by atoms with Crippen LogP contribution in [0.2, 0.25) is 5.02 Å². The number of ether oxygens (including phenoxy) is 3. The van der Waals surface area contributed by atoms with Crippen molar-refractivity contribution < 1.29 is 28.6 Å². The Labute approximate surface area is 225 Å². The Morgan fingerprint density at radius 1 is 1.22 bits per heavy atom. The Morgan fingerprint density at radius 2 is 2.00 bits per heavy atom. The molecule has 2 fully saturated rings. The van der Waals surface area contributed by atoms with E-state index in [1.54, 1.807) is 13.0 Å². The lowest BCUT2D eigenvalue weighted by Crippen LogP contribution is -2.38. The van der Waals surface area contributed by atoms with Gasteiger partial charge in [-0.2, -0.15) is 0 Å². The number of hydrogen-bond acceptors (Lipinski definition) is 9. The van der Waals surface area contributed by atoms with Crippen LogP contribution in [0, 0.1) is 5.41 Å². The second-order valence-electron chi connectivity index (χ2n) is 9.76. The van der Waals surface area contributed by atoms with Gasteiger partial charge < -0.3 is 14.2 Å². The number of halogens is 1. The van der Waals surface area contributed by atoms with Crippen molar-refractivity contribution >= 4 is 41.1 Å². The van der Waals surface area contributed by atoms with Crippen LogP contribution in [-0.4, -0.2) is 63.6 Å². The van der Waals surface area contributed by atoms with Crippen LogP contribution in [0.25, 0.3) is 11.4 Å². The maximum Gasteiger partial charge on any atom is 0.324 e. The van der Waals surface area contributed by atoms with Gasteiger partial charge in [-0.25, -0.2) is 4.98 Å². The predicted octanol–water partition coefficient (Wildman–Crippen LogP) is 4.78. The van der Waals surface area contributed by atoms with Gasteiger partial charge in [0.2, 0.25) is 5.16 Å². The van der Waals surface area contributed by atoms with Crippen LogP contribution in [-0.2, 0) is 28.6 Å². The average Bonchev–Trinajstić information content (AvgIpc) is 3.54. The molecule has 11 heteroatoms. The van der Waals surface area contributed by atoms with E-state index in [9.17, 15) is 14.4 Å². The van der Waals surface area contributed by atoms with E-state index < -0.39 is 29.1 Å². The molecule has 0 amide bonds. The van der Waals surface area contributed by atoms with Crippen LogP contribution in [0.15, 0.2) is 29.4 Å². The van der Waals surface area contributed by atoms with Gasteiger partial charge in [0.15, 0.2) is 22.6 Å². The minimum atomic E-state index is -1.47. The van der Waals surface area contributed by atoms with Gasteiger partial charge in [0.1, 0.15) is 6.10 Å². The summed E-state index contributed by atoms with van der Waals surface area (Å²) in [7, 11) is 0. The zero-order valence-corrected chi connectivity index (χ0v) is 22.7. The highest BCUT2D eigenvalue weighted by molar-refractivity contribution is 7.99. The molecule has 0 radical (unpaired) electrons. The summed E-state index contributed by atoms with van der Waals surface area (Å²) in [5.41, 5.74) is -2.20. The second-order valence-corrected chi connectivity index (χ2v) is 11.1. The van der Waals surface area contributed by atoms with Crippen molar-refractivity contribution in [2.45, 2.75) is 75.7 Å². The zero-order valence-electron chi connectivity index (χ0n) is 21.1. The minimum absolute atomic E-state index is 0.0285. The first-order valence-corrected chi connectivity index (χ1v) is 14.0. The third-order valence-corrected chi connectivity index (χ3v) is 7.98. The Morgan fingerprint density at radius 3 is 2.78 bits per heavy atom. The molecule has 1 aromatic carbocycles. The smallest absolute Gasteiger partial charge is 0.324 e. The quantitative estimate of drug-likeness (QED) is 0.163. The SMILES string of the molecule is CCCCCCCOCC1CC2(CC(C)(C(=O)CSc3n[nH]c(-c4ccccc4Cl)n3)OC2=O)C(=O)O1. The summed E-state index contributed by atoms with van der Waals surface area (Å²) in [5, 5.41) is 7.85. The van der Waals surface area contributed by atoms with Crippen LogP contribution in [0.4, 0.5) is 0 Å². The van der Waals surface area contributed by atoms with Crippen molar-refractivity contribution in [3.05, 3.63) is 29.3 Å². The fourth-order valence-electron chi connectivity index (χ4n) is 4.71. The monoisotopic (exact) mass is 549 g/mol. The molecule has 200 valence electrons. The molecule has 4 rings (SSSR count). The molecule has 2 aliphatic rings. The first-order valence-electron chi connectivity index (χ1n) is 12.6. The summed E-state index contributed by atoms with van der Waals surface area (Å²) in [6.07, 6.45) is 5.19. The fraction of sp³-hybridized carbons (Fsp3) is 0.577. The molecule has 3 unspecified atom stereocenters. The summed E-state index contributed by atoms with van der Waals surface area (Å²) in [6, 6.07) is 7.22. The van der Waals surface area contributed by atoms with Gasteiger partial charge in [-0.15, -0.1) is 5.10 Å². The average molecular weight is 550 g/mol. The number of esters is 2. The largest absolute Gasteiger partial charge is 0.459 e.